The summed E-state index contributed by atoms with van der Waals surface area (Å²) in [6.07, 6.45) is 0.930. The predicted octanol–water partition coefficient (Wildman–Crippen LogP) is 2.48. The standard InChI is InChI=1S/C15H15NO4/c1-3-20-15(18)14-8-4-6-10(17)13-11(19-2)7-5-9(16-14)12(8)13/h5,7,16H,3-4,6H2,1-2H3. The number of rotatable bonds is 3. The van der Waals surface area contributed by atoms with Crippen LogP contribution < -0.4 is 4.74 Å². The average Bonchev–Trinajstić information content (AvgIpc) is 2.83. The fraction of sp³-hybridized carbons (Fsp3) is 0.333. The van der Waals surface area contributed by atoms with Crippen LogP contribution in [0.4, 0.5) is 0 Å². The van der Waals surface area contributed by atoms with Crippen LogP contribution in [0, 0.1) is 0 Å². The summed E-state index contributed by atoms with van der Waals surface area (Å²) >= 11 is 0. The van der Waals surface area contributed by atoms with Crippen LogP contribution >= 0.6 is 0 Å². The van der Waals surface area contributed by atoms with E-state index in [0.717, 1.165) is 16.5 Å². The number of hydrogen-bond donors (Lipinski definition) is 1. The third-order valence-electron chi connectivity index (χ3n) is 3.61. The monoisotopic (exact) mass is 273 g/mol. The van der Waals surface area contributed by atoms with Crippen LogP contribution in [0.1, 0.15) is 39.8 Å². The largest absolute Gasteiger partial charge is 0.496 e. The number of hydrogen-bond acceptors (Lipinski definition) is 4. The van der Waals surface area contributed by atoms with Gasteiger partial charge in [0.15, 0.2) is 5.78 Å². The molecule has 1 aromatic heterocycles. The summed E-state index contributed by atoms with van der Waals surface area (Å²) in [5, 5.41) is 0.795. The highest BCUT2D eigenvalue weighted by molar-refractivity contribution is 6.15. The van der Waals surface area contributed by atoms with Crippen molar-refractivity contribution in [2.45, 2.75) is 19.8 Å². The Bertz CT molecular complexity index is 714. The van der Waals surface area contributed by atoms with E-state index in [9.17, 15) is 9.59 Å². The minimum Gasteiger partial charge on any atom is -0.496 e. The molecule has 0 atom stereocenters. The number of methoxy groups -OCH3 is 1. The van der Waals surface area contributed by atoms with Crippen LogP contribution in [0.5, 0.6) is 5.75 Å². The van der Waals surface area contributed by atoms with Gasteiger partial charge in [-0.1, -0.05) is 0 Å². The zero-order chi connectivity index (χ0) is 14.3. The molecule has 0 amide bonds. The van der Waals surface area contributed by atoms with E-state index >= 15 is 0 Å². The predicted molar refractivity (Wildman–Crippen MR) is 73.5 cm³/mol. The topological polar surface area (TPSA) is 68.4 Å². The third kappa shape index (κ3) is 1.70. The van der Waals surface area contributed by atoms with Crippen molar-refractivity contribution in [3.05, 3.63) is 29.0 Å². The number of carbonyl (C=O) groups excluding carboxylic acids is 2. The summed E-state index contributed by atoms with van der Waals surface area (Å²) < 4.78 is 10.3. The van der Waals surface area contributed by atoms with Crippen molar-refractivity contribution in [2.75, 3.05) is 13.7 Å². The SMILES string of the molecule is CCOC(=O)c1[nH]c2ccc(OC)c3c2c1CCC3=O. The lowest BCUT2D eigenvalue weighted by Gasteiger charge is -2.15. The van der Waals surface area contributed by atoms with E-state index in [1.807, 2.05) is 6.07 Å². The van der Waals surface area contributed by atoms with Gasteiger partial charge in [0, 0.05) is 17.3 Å². The normalized spacial score (nSPS) is 13.6. The average molecular weight is 273 g/mol. The summed E-state index contributed by atoms with van der Waals surface area (Å²) in [5.41, 5.74) is 2.64. The quantitative estimate of drug-likeness (QED) is 0.872. The third-order valence-corrected chi connectivity index (χ3v) is 3.61. The minimum atomic E-state index is -0.377. The molecule has 0 spiro atoms. The van der Waals surface area contributed by atoms with Crippen molar-refractivity contribution in [1.29, 1.82) is 0 Å². The number of ether oxygens (including phenoxy) is 2. The molecule has 0 fully saturated rings. The molecule has 1 N–H and O–H groups in total. The lowest BCUT2D eigenvalue weighted by atomic mass is 9.90. The molecule has 5 heteroatoms. The van der Waals surface area contributed by atoms with Gasteiger partial charge in [0.05, 0.1) is 19.3 Å². The first-order chi connectivity index (χ1) is 9.67. The molecule has 104 valence electrons. The number of benzene rings is 1. The van der Waals surface area contributed by atoms with Gasteiger partial charge in [0.25, 0.3) is 0 Å². The molecule has 3 rings (SSSR count). The van der Waals surface area contributed by atoms with Gasteiger partial charge in [-0.15, -0.1) is 0 Å². The van der Waals surface area contributed by atoms with Crippen molar-refractivity contribution in [1.82, 2.24) is 4.98 Å². The van der Waals surface area contributed by atoms with Gasteiger partial charge in [0.1, 0.15) is 11.4 Å². The van der Waals surface area contributed by atoms with Crippen molar-refractivity contribution in [3.63, 3.8) is 0 Å². The van der Waals surface area contributed by atoms with E-state index < -0.39 is 0 Å². The summed E-state index contributed by atoms with van der Waals surface area (Å²) in [6, 6.07) is 3.57. The Morgan fingerprint density at radius 2 is 2.15 bits per heavy atom. The Labute approximate surface area is 115 Å². The summed E-state index contributed by atoms with van der Waals surface area (Å²) in [7, 11) is 1.54. The lowest BCUT2D eigenvalue weighted by Crippen LogP contribution is -2.13. The first-order valence-corrected chi connectivity index (χ1v) is 6.59. The maximum absolute atomic E-state index is 12.1. The molecule has 20 heavy (non-hydrogen) atoms. The van der Waals surface area contributed by atoms with Crippen molar-refractivity contribution >= 4 is 22.7 Å². The highest BCUT2D eigenvalue weighted by Crippen LogP contribution is 2.37. The second kappa shape index (κ2) is 4.67. The van der Waals surface area contributed by atoms with E-state index in [1.54, 1.807) is 13.0 Å². The summed E-state index contributed by atoms with van der Waals surface area (Å²) in [5.74, 6) is 0.227. The first kappa shape index (κ1) is 12.7. The Kier molecular flexibility index (Phi) is 2.97. The number of carbonyl (C=O) groups is 2. The van der Waals surface area contributed by atoms with E-state index in [2.05, 4.69) is 4.98 Å². The van der Waals surface area contributed by atoms with Gasteiger partial charge < -0.3 is 14.5 Å². The Hall–Kier alpha value is -2.30. The number of aromatic amines is 1. The van der Waals surface area contributed by atoms with Gasteiger partial charge in [0.2, 0.25) is 0 Å². The fourth-order valence-electron chi connectivity index (χ4n) is 2.77. The van der Waals surface area contributed by atoms with Crippen molar-refractivity contribution in [3.8, 4) is 5.75 Å². The van der Waals surface area contributed by atoms with E-state index in [-0.39, 0.29) is 11.8 Å². The number of esters is 1. The minimum absolute atomic E-state index is 0.0503. The molecule has 0 bridgehead atoms. The zero-order valence-electron chi connectivity index (χ0n) is 11.4. The van der Waals surface area contributed by atoms with Crippen LogP contribution in [0.2, 0.25) is 0 Å². The van der Waals surface area contributed by atoms with Crippen LogP contribution in [-0.2, 0) is 11.2 Å². The number of aromatic nitrogens is 1. The van der Waals surface area contributed by atoms with Gasteiger partial charge in [-0.3, -0.25) is 4.79 Å². The molecule has 1 aliphatic carbocycles. The Morgan fingerprint density at radius 1 is 1.35 bits per heavy atom. The van der Waals surface area contributed by atoms with Gasteiger partial charge in [-0.2, -0.15) is 0 Å². The van der Waals surface area contributed by atoms with Crippen LogP contribution in [0.3, 0.4) is 0 Å². The smallest absolute Gasteiger partial charge is 0.355 e. The van der Waals surface area contributed by atoms with E-state index in [4.69, 9.17) is 9.47 Å². The molecule has 0 saturated carbocycles. The molecule has 1 heterocycles. The molecule has 0 saturated heterocycles. The van der Waals surface area contributed by atoms with Crippen LogP contribution in [-0.4, -0.2) is 30.5 Å². The second-order valence-corrected chi connectivity index (χ2v) is 4.69. The van der Waals surface area contributed by atoms with Crippen molar-refractivity contribution < 1.29 is 19.1 Å². The highest BCUT2D eigenvalue weighted by atomic mass is 16.5. The molecule has 0 radical (unpaired) electrons. The molecule has 2 aromatic rings. The molecular weight excluding hydrogens is 258 g/mol. The lowest BCUT2D eigenvalue weighted by molar-refractivity contribution is 0.0518. The number of aryl methyl sites for hydroxylation is 1. The molecule has 1 aromatic carbocycles. The van der Waals surface area contributed by atoms with E-state index in [0.29, 0.717) is 36.5 Å². The van der Waals surface area contributed by atoms with Crippen molar-refractivity contribution in [2.24, 2.45) is 0 Å². The summed E-state index contributed by atoms with van der Waals surface area (Å²) in [6.45, 7) is 2.09. The van der Waals surface area contributed by atoms with Gasteiger partial charge in [-0.05, 0) is 31.0 Å². The first-order valence-electron chi connectivity index (χ1n) is 6.59. The fourth-order valence-corrected chi connectivity index (χ4v) is 2.77. The maximum Gasteiger partial charge on any atom is 0.355 e. The van der Waals surface area contributed by atoms with Gasteiger partial charge in [-0.25, -0.2) is 4.79 Å². The molecular formula is C15H15NO4. The summed E-state index contributed by atoms with van der Waals surface area (Å²) in [4.78, 5) is 27.2. The van der Waals surface area contributed by atoms with Crippen LogP contribution in [0.15, 0.2) is 12.1 Å². The zero-order valence-corrected chi connectivity index (χ0v) is 11.4. The van der Waals surface area contributed by atoms with Crippen LogP contribution in [0.25, 0.3) is 10.9 Å². The maximum atomic E-state index is 12.1. The highest BCUT2D eigenvalue weighted by Gasteiger charge is 2.29. The molecule has 0 unspecified atom stereocenters. The number of nitrogens with one attached hydrogen (secondary N) is 1. The molecule has 1 aliphatic rings. The number of H-pyrrole nitrogens is 1. The Morgan fingerprint density at radius 3 is 2.85 bits per heavy atom. The number of Topliss-reactive ketones (excluding diaryl/α,β-unsaturated/α-hetero) is 1. The molecule has 0 aliphatic heterocycles. The van der Waals surface area contributed by atoms with E-state index in [1.165, 1.54) is 7.11 Å². The molecule has 5 nitrogen and oxygen atoms in total. The van der Waals surface area contributed by atoms with Gasteiger partial charge >= 0.3 is 5.97 Å². The number of ketones is 1. The Balaban J connectivity index is 2.29. The second-order valence-electron chi connectivity index (χ2n) is 4.69.